The molecule has 6 heteroatoms. The lowest BCUT2D eigenvalue weighted by molar-refractivity contribution is 0.0922. The molecule has 0 amide bonds. The molecule has 2 fully saturated rings. The van der Waals surface area contributed by atoms with Crippen molar-refractivity contribution in [2.24, 2.45) is 0 Å². The average molecular weight is 333 g/mol. The molecule has 1 atom stereocenters. The molecule has 1 aliphatic carbocycles. The molecule has 6 nitrogen and oxygen atoms in total. The summed E-state index contributed by atoms with van der Waals surface area (Å²) in [7, 11) is 2.24. The molecule has 24 heavy (non-hydrogen) atoms. The number of nitrogens with two attached hydrogens (primary N) is 1. The van der Waals surface area contributed by atoms with E-state index in [1.165, 1.54) is 32.1 Å². The minimum atomic E-state index is 0.226. The lowest BCUT2D eigenvalue weighted by Gasteiger charge is -2.44. The molecule has 0 aromatic carbocycles. The molecule has 2 heterocycles. The van der Waals surface area contributed by atoms with Gasteiger partial charge in [-0.1, -0.05) is 26.2 Å². The molecule has 0 bridgehead atoms. The summed E-state index contributed by atoms with van der Waals surface area (Å²) in [5.74, 6) is 1.54. The number of rotatable bonds is 6. The Morgan fingerprint density at radius 3 is 2.79 bits per heavy atom. The summed E-state index contributed by atoms with van der Waals surface area (Å²) in [6.07, 6.45) is 7.47. The number of hydrogen-bond donors (Lipinski definition) is 2. The van der Waals surface area contributed by atoms with Gasteiger partial charge in [-0.15, -0.1) is 0 Å². The smallest absolute Gasteiger partial charge is 0.222 e. The van der Waals surface area contributed by atoms with Crippen molar-refractivity contribution in [1.82, 2.24) is 14.9 Å². The molecule has 2 aliphatic rings. The highest BCUT2D eigenvalue weighted by molar-refractivity contribution is 5.42. The van der Waals surface area contributed by atoms with Gasteiger partial charge in [0.2, 0.25) is 5.95 Å². The number of likely N-dealkylation sites (N-methyl/N-ethyl adjacent to an activating group) is 1. The van der Waals surface area contributed by atoms with Crippen molar-refractivity contribution in [3.05, 3.63) is 11.8 Å². The molecule has 1 aromatic heterocycles. The van der Waals surface area contributed by atoms with Gasteiger partial charge in [0.1, 0.15) is 5.82 Å². The van der Waals surface area contributed by atoms with Crippen molar-refractivity contribution < 1.29 is 4.74 Å². The second-order valence-corrected chi connectivity index (χ2v) is 7.25. The minimum Gasteiger partial charge on any atom is -0.381 e. The van der Waals surface area contributed by atoms with Crippen LogP contribution < -0.4 is 11.1 Å². The van der Waals surface area contributed by atoms with E-state index in [4.69, 9.17) is 10.5 Å². The molecule has 134 valence electrons. The van der Waals surface area contributed by atoms with Crippen molar-refractivity contribution >= 4 is 11.8 Å². The number of ether oxygens (including phenoxy) is 1. The molecule has 3 rings (SSSR count). The zero-order valence-electron chi connectivity index (χ0n) is 15.1. The summed E-state index contributed by atoms with van der Waals surface area (Å²) in [6, 6.07) is 2.05. The molecule has 1 saturated carbocycles. The third-order valence-corrected chi connectivity index (χ3v) is 5.78. The van der Waals surface area contributed by atoms with Gasteiger partial charge in [0.05, 0.1) is 12.3 Å². The molecule has 3 N–H and O–H groups in total. The van der Waals surface area contributed by atoms with Gasteiger partial charge in [0.15, 0.2) is 0 Å². The number of nitrogen functional groups attached to an aromatic ring is 1. The number of nitrogens with zero attached hydrogens (tertiary/aromatic N) is 3. The van der Waals surface area contributed by atoms with Gasteiger partial charge >= 0.3 is 0 Å². The average Bonchev–Trinajstić information content (AvgIpc) is 3.14. The van der Waals surface area contributed by atoms with Crippen molar-refractivity contribution in [1.29, 1.82) is 0 Å². The Morgan fingerprint density at radius 2 is 2.12 bits per heavy atom. The minimum absolute atomic E-state index is 0.226. The zero-order valence-corrected chi connectivity index (χ0v) is 15.1. The van der Waals surface area contributed by atoms with Crippen LogP contribution in [-0.2, 0) is 4.74 Å². The summed E-state index contributed by atoms with van der Waals surface area (Å²) < 4.78 is 5.48. The fourth-order valence-electron chi connectivity index (χ4n) is 4.05. The number of hydrogen-bond acceptors (Lipinski definition) is 6. The third kappa shape index (κ3) is 3.81. The molecule has 0 radical (unpaired) electrons. The van der Waals surface area contributed by atoms with E-state index in [0.717, 1.165) is 44.2 Å². The predicted molar refractivity (Wildman–Crippen MR) is 97.2 cm³/mol. The normalized spacial score (nSPS) is 23.5. The van der Waals surface area contributed by atoms with Crippen molar-refractivity contribution in [2.75, 3.05) is 44.4 Å². The first-order valence-electron chi connectivity index (χ1n) is 9.30. The van der Waals surface area contributed by atoms with Crippen LogP contribution >= 0.6 is 0 Å². The van der Waals surface area contributed by atoms with E-state index in [1.807, 2.05) is 0 Å². The monoisotopic (exact) mass is 333 g/mol. The van der Waals surface area contributed by atoms with Crippen molar-refractivity contribution in [2.45, 2.75) is 56.9 Å². The Hall–Kier alpha value is -1.40. The first kappa shape index (κ1) is 17.4. The van der Waals surface area contributed by atoms with Gasteiger partial charge in [-0.25, -0.2) is 4.98 Å². The Bertz CT molecular complexity index is 538. The molecule has 1 aliphatic heterocycles. The molecular weight excluding hydrogens is 302 g/mol. The van der Waals surface area contributed by atoms with Crippen molar-refractivity contribution in [3.63, 3.8) is 0 Å². The number of aromatic nitrogens is 2. The lowest BCUT2D eigenvalue weighted by Crippen LogP contribution is -2.52. The van der Waals surface area contributed by atoms with Gasteiger partial charge < -0.3 is 15.8 Å². The van der Waals surface area contributed by atoms with Gasteiger partial charge in [0.25, 0.3) is 0 Å². The second-order valence-electron chi connectivity index (χ2n) is 7.25. The molecule has 1 aromatic rings. The van der Waals surface area contributed by atoms with E-state index in [9.17, 15) is 0 Å². The number of nitrogens with one attached hydrogen (secondary N) is 1. The highest BCUT2D eigenvalue weighted by Gasteiger charge is 2.35. The molecule has 0 spiro atoms. The van der Waals surface area contributed by atoms with Crippen LogP contribution in [0.4, 0.5) is 11.8 Å². The molecular formula is C18H31N5O. The summed E-state index contributed by atoms with van der Waals surface area (Å²) in [4.78, 5) is 11.3. The van der Waals surface area contributed by atoms with Gasteiger partial charge in [-0.2, -0.15) is 4.98 Å². The molecule has 1 unspecified atom stereocenters. The van der Waals surface area contributed by atoms with Gasteiger partial charge in [-0.05, 0) is 32.9 Å². The van der Waals surface area contributed by atoms with Gasteiger partial charge in [-0.3, -0.25) is 4.90 Å². The third-order valence-electron chi connectivity index (χ3n) is 5.78. The van der Waals surface area contributed by atoms with Crippen LogP contribution in [0.5, 0.6) is 0 Å². The van der Waals surface area contributed by atoms with E-state index in [2.05, 4.69) is 40.2 Å². The largest absolute Gasteiger partial charge is 0.381 e. The van der Waals surface area contributed by atoms with E-state index < -0.39 is 0 Å². The summed E-state index contributed by atoms with van der Waals surface area (Å²) in [5.41, 5.74) is 7.17. The van der Waals surface area contributed by atoms with E-state index in [0.29, 0.717) is 11.9 Å². The van der Waals surface area contributed by atoms with Crippen LogP contribution in [0.2, 0.25) is 0 Å². The fourth-order valence-corrected chi connectivity index (χ4v) is 4.05. The summed E-state index contributed by atoms with van der Waals surface area (Å²) in [6.45, 7) is 5.75. The van der Waals surface area contributed by atoms with Crippen LogP contribution in [0, 0.1) is 0 Å². The second kappa shape index (κ2) is 7.66. The Balaban J connectivity index is 1.72. The lowest BCUT2D eigenvalue weighted by atomic mass is 9.80. The SMILES string of the molecule is CCN(C)C1(CNc2cc(C3CCOC3)nc(N)n2)CCCCC1. The maximum absolute atomic E-state index is 5.94. The van der Waals surface area contributed by atoms with E-state index in [-0.39, 0.29) is 5.54 Å². The maximum Gasteiger partial charge on any atom is 0.222 e. The highest BCUT2D eigenvalue weighted by atomic mass is 16.5. The van der Waals surface area contributed by atoms with Crippen LogP contribution in [0.15, 0.2) is 6.07 Å². The summed E-state index contributed by atoms with van der Waals surface area (Å²) in [5, 5.41) is 3.56. The Morgan fingerprint density at radius 1 is 1.33 bits per heavy atom. The zero-order chi connectivity index (χ0) is 17.0. The van der Waals surface area contributed by atoms with Crippen LogP contribution in [0.3, 0.4) is 0 Å². The van der Waals surface area contributed by atoms with Crippen LogP contribution in [0.25, 0.3) is 0 Å². The summed E-state index contributed by atoms with van der Waals surface area (Å²) >= 11 is 0. The maximum atomic E-state index is 5.94. The van der Waals surface area contributed by atoms with E-state index >= 15 is 0 Å². The highest BCUT2D eigenvalue weighted by Crippen LogP contribution is 2.33. The first-order valence-corrected chi connectivity index (χ1v) is 9.30. The van der Waals surface area contributed by atoms with Gasteiger partial charge in [0, 0.05) is 30.7 Å². The standard InChI is InChI=1S/C18H31N5O/c1-3-23(2)18(8-5-4-6-9-18)13-20-16-11-15(21-17(19)22-16)14-7-10-24-12-14/h11,14H,3-10,12-13H2,1-2H3,(H3,19,20,21,22). The number of anilines is 2. The van der Waals surface area contributed by atoms with Crippen LogP contribution in [0.1, 0.15) is 57.1 Å². The quantitative estimate of drug-likeness (QED) is 0.833. The molecule has 1 saturated heterocycles. The van der Waals surface area contributed by atoms with Crippen molar-refractivity contribution in [3.8, 4) is 0 Å². The Labute approximate surface area is 145 Å². The predicted octanol–water partition coefficient (Wildman–Crippen LogP) is 2.63. The topological polar surface area (TPSA) is 76.3 Å². The van der Waals surface area contributed by atoms with E-state index in [1.54, 1.807) is 0 Å². The fraction of sp³-hybridized carbons (Fsp3) is 0.778. The van der Waals surface area contributed by atoms with Crippen LogP contribution in [-0.4, -0.2) is 53.8 Å². The first-order chi connectivity index (χ1) is 11.6. The Kier molecular flexibility index (Phi) is 5.56.